The van der Waals surface area contributed by atoms with E-state index in [1.807, 2.05) is 0 Å². The van der Waals surface area contributed by atoms with Crippen LogP contribution in [0.3, 0.4) is 0 Å². The Labute approximate surface area is 72.5 Å². The van der Waals surface area contributed by atoms with Gasteiger partial charge in [-0.1, -0.05) is 0 Å². The van der Waals surface area contributed by atoms with Gasteiger partial charge in [-0.15, -0.1) is 11.6 Å². The molecule has 3 heteroatoms. The highest BCUT2D eigenvalue weighted by Gasteiger charge is 2.31. The average Bonchev–Trinajstić information content (AvgIpc) is 2.50. The van der Waals surface area contributed by atoms with Gasteiger partial charge >= 0.3 is 0 Å². The van der Waals surface area contributed by atoms with E-state index in [1.165, 1.54) is 19.4 Å². The first kappa shape index (κ1) is 7.84. The summed E-state index contributed by atoms with van der Waals surface area (Å²) in [5, 5.41) is 0. The van der Waals surface area contributed by atoms with Crippen LogP contribution in [-0.4, -0.2) is 42.6 Å². The number of nitrogens with zero attached hydrogens (tertiary/aromatic N) is 1. The quantitative estimate of drug-likeness (QED) is 0.554. The monoisotopic (exact) mass is 175 g/mol. The van der Waals surface area contributed by atoms with Crippen molar-refractivity contribution in [3.05, 3.63) is 0 Å². The minimum atomic E-state index is 0.283. The van der Waals surface area contributed by atoms with Gasteiger partial charge < -0.3 is 4.74 Å². The zero-order valence-electron chi connectivity index (χ0n) is 6.63. The first-order valence-corrected chi connectivity index (χ1v) is 4.85. The maximum Gasteiger partial charge on any atom is 0.0837 e. The number of alkyl halides is 1. The van der Waals surface area contributed by atoms with Gasteiger partial charge in [-0.05, 0) is 19.4 Å². The standard InChI is InChI=1S/C8H14ClNO/c9-4-8-5-10-3-1-2-7(10)6-11-8/h7-8H,1-6H2. The number of fused-ring (bicyclic) bond motifs is 1. The molecule has 64 valence electrons. The number of hydrogen-bond donors (Lipinski definition) is 0. The Morgan fingerprint density at radius 2 is 2.45 bits per heavy atom. The van der Waals surface area contributed by atoms with Crippen LogP contribution in [0.2, 0.25) is 0 Å². The summed E-state index contributed by atoms with van der Waals surface area (Å²) in [6.07, 6.45) is 2.93. The van der Waals surface area contributed by atoms with E-state index < -0.39 is 0 Å². The maximum absolute atomic E-state index is 5.72. The highest BCUT2D eigenvalue weighted by Crippen LogP contribution is 2.22. The zero-order chi connectivity index (χ0) is 7.68. The molecule has 0 aromatic rings. The third-order valence-electron chi connectivity index (χ3n) is 2.63. The van der Waals surface area contributed by atoms with Crippen molar-refractivity contribution in [1.29, 1.82) is 0 Å². The summed E-state index contributed by atoms with van der Waals surface area (Å²) in [6.45, 7) is 3.20. The van der Waals surface area contributed by atoms with Gasteiger partial charge in [0.25, 0.3) is 0 Å². The molecule has 2 unspecified atom stereocenters. The van der Waals surface area contributed by atoms with Crippen LogP contribution in [0.1, 0.15) is 12.8 Å². The molecule has 2 saturated heterocycles. The van der Waals surface area contributed by atoms with E-state index >= 15 is 0 Å². The van der Waals surface area contributed by atoms with Crippen molar-refractivity contribution in [3.8, 4) is 0 Å². The lowest BCUT2D eigenvalue weighted by Gasteiger charge is -2.34. The Balaban J connectivity index is 1.91. The van der Waals surface area contributed by atoms with Gasteiger partial charge in [0.15, 0.2) is 0 Å². The van der Waals surface area contributed by atoms with Gasteiger partial charge in [-0.25, -0.2) is 0 Å². The number of morpholine rings is 1. The molecule has 0 amide bonds. The van der Waals surface area contributed by atoms with Crippen molar-refractivity contribution >= 4 is 11.6 Å². The van der Waals surface area contributed by atoms with E-state index in [1.54, 1.807) is 0 Å². The molecule has 2 atom stereocenters. The third-order valence-corrected chi connectivity index (χ3v) is 2.98. The van der Waals surface area contributed by atoms with Gasteiger partial charge in [0, 0.05) is 18.5 Å². The molecule has 0 bridgehead atoms. The normalized spacial score (nSPS) is 39.0. The topological polar surface area (TPSA) is 12.5 Å². The minimum absolute atomic E-state index is 0.283. The molecule has 0 aromatic carbocycles. The molecule has 0 aliphatic carbocycles. The summed E-state index contributed by atoms with van der Waals surface area (Å²) >= 11 is 5.72. The summed E-state index contributed by atoms with van der Waals surface area (Å²) in [5.41, 5.74) is 0. The summed E-state index contributed by atoms with van der Waals surface area (Å²) in [5.74, 6) is 0.642. The molecule has 11 heavy (non-hydrogen) atoms. The number of ether oxygens (including phenoxy) is 1. The average molecular weight is 176 g/mol. The first-order chi connectivity index (χ1) is 5.40. The van der Waals surface area contributed by atoms with Crippen molar-refractivity contribution in [2.45, 2.75) is 25.0 Å². The fourth-order valence-corrected chi connectivity index (χ4v) is 2.17. The summed E-state index contributed by atoms with van der Waals surface area (Å²) in [6, 6.07) is 0.703. The predicted molar refractivity (Wildman–Crippen MR) is 45.1 cm³/mol. The molecule has 2 aliphatic heterocycles. The van der Waals surface area contributed by atoms with Crippen LogP contribution in [0.5, 0.6) is 0 Å². The van der Waals surface area contributed by atoms with Crippen LogP contribution in [0, 0.1) is 0 Å². The molecule has 0 radical (unpaired) electrons. The van der Waals surface area contributed by atoms with E-state index in [0.29, 0.717) is 11.9 Å². The fourth-order valence-electron chi connectivity index (χ4n) is 1.98. The molecular formula is C8H14ClNO. The Hall–Kier alpha value is 0.210. The van der Waals surface area contributed by atoms with Gasteiger partial charge in [-0.2, -0.15) is 0 Å². The number of hydrogen-bond acceptors (Lipinski definition) is 2. The van der Waals surface area contributed by atoms with Crippen molar-refractivity contribution in [2.24, 2.45) is 0 Å². The SMILES string of the molecule is ClCC1CN2CCCC2CO1. The Morgan fingerprint density at radius 3 is 3.27 bits per heavy atom. The summed E-state index contributed by atoms with van der Waals surface area (Å²) in [4.78, 5) is 2.51. The minimum Gasteiger partial charge on any atom is -0.374 e. The summed E-state index contributed by atoms with van der Waals surface area (Å²) in [7, 11) is 0. The molecule has 2 nitrogen and oxygen atoms in total. The van der Waals surface area contributed by atoms with Crippen LogP contribution >= 0.6 is 11.6 Å². The molecule has 2 fully saturated rings. The second-order valence-electron chi connectivity index (χ2n) is 3.40. The summed E-state index contributed by atoms with van der Waals surface area (Å²) < 4.78 is 5.57. The van der Waals surface area contributed by atoms with Crippen LogP contribution in [0.25, 0.3) is 0 Å². The first-order valence-electron chi connectivity index (χ1n) is 4.32. The molecule has 0 aromatic heterocycles. The Kier molecular flexibility index (Phi) is 2.35. The van der Waals surface area contributed by atoms with Gasteiger partial charge in [0.05, 0.1) is 12.7 Å². The molecular weight excluding hydrogens is 162 g/mol. The van der Waals surface area contributed by atoms with Crippen LogP contribution < -0.4 is 0 Å². The van der Waals surface area contributed by atoms with E-state index in [9.17, 15) is 0 Å². The second-order valence-corrected chi connectivity index (χ2v) is 3.71. The fraction of sp³-hybridized carbons (Fsp3) is 1.00. The molecule has 0 N–H and O–H groups in total. The molecule has 2 aliphatic rings. The lowest BCUT2D eigenvalue weighted by Crippen LogP contribution is -2.46. The molecule has 0 saturated carbocycles. The van der Waals surface area contributed by atoms with Gasteiger partial charge in [-0.3, -0.25) is 4.90 Å². The lowest BCUT2D eigenvalue weighted by molar-refractivity contribution is -0.0372. The molecule has 2 rings (SSSR count). The molecule has 2 heterocycles. The molecule has 0 spiro atoms. The van der Waals surface area contributed by atoms with Crippen molar-refractivity contribution in [2.75, 3.05) is 25.6 Å². The highest BCUT2D eigenvalue weighted by molar-refractivity contribution is 6.18. The van der Waals surface area contributed by atoms with Crippen LogP contribution in [0.15, 0.2) is 0 Å². The Morgan fingerprint density at radius 1 is 1.55 bits per heavy atom. The van der Waals surface area contributed by atoms with Gasteiger partial charge in [0.2, 0.25) is 0 Å². The van der Waals surface area contributed by atoms with Crippen LogP contribution in [-0.2, 0) is 4.74 Å². The largest absolute Gasteiger partial charge is 0.374 e. The van der Waals surface area contributed by atoms with E-state index in [-0.39, 0.29) is 6.10 Å². The van der Waals surface area contributed by atoms with Crippen molar-refractivity contribution in [3.63, 3.8) is 0 Å². The zero-order valence-corrected chi connectivity index (χ0v) is 7.39. The van der Waals surface area contributed by atoms with E-state index in [4.69, 9.17) is 16.3 Å². The number of rotatable bonds is 1. The van der Waals surface area contributed by atoms with E-state index in [2.05, 4.69) is 4.90 Å². The van der Waals surface area contributed by atoms with Gasteiger partial charge in [0.1, 0.15) is 0 Å². The van der Waals surface area contributed by atoms with E-state index in [0.717, 1.165) is 13.2 Å². The van der Waals surface area contributed by atoms with Crippen LogP contribution in [0.4, 0.5) is 0 Å². The third kappa shape index (κ3) is 1.53. The lowest BCUT2D eigenvalue weighted by atomic mass is 10.2. The smallest absolute Gasteiger partial charge is 0.0837 e. The predicted octanol–water partition coefficient (Wildman–Crippen LogP) is 1.09. The Bertz CT molecular complexity index is 142. The second kappa shape index (κ2) is 3.30. The van der Waals surface area contributed by atoms with Crippen molar-refractivity contribution in [1.82, 2.24) is 4.90 Å². The highest BCUT2D eigenvalue weighted by atomic mass is 35.5. The van der Waals surface area contributed by atoms with Crippen molar-refractivity contribution < 1.29 is 4.74 Å². The maximum atomic E-state index is 5.72. The number of halogens is 1.